The fourth-order valence-electron chi connectivity index (χ4n) is 3.70. The smallest absolute Gasteiger partial charge is 0.255 e. The van der Waals surface area contributed by atoms with Crippen molar-refractivity contribution in [3.63, 3.8) is 0 Å². The van der Waals surface area contributed by atoms with Gasteiger partial charge in [-0.2, -0.15) is 4.98 Å². The molecule has 4 rings (SSSR count). The quantitative estimate of drug-likeness (QED) is 0.364. The van der Waals surface area contributed by atoms with Crippen LogP contribution in [-0.2, 0) is 4.79 Å². The van der Waals surface area contributed by atoms with E-state index in [0.717, 1.165) is 24.2 Å². The first-order chi connectivity index (χ1) is 15.5. The molecule has 2 heterocycles. The standard InChI is InChI=1S/C24H26FN5OS/c1-4-5-12-32-24-28-23-26-16(3)20(22(31)27-19-11-6-8-15(2)13-19)21(30(23)29-24)17-9-7-10-18(25)14-17/h6-11,13-14,21H,4-5,12H2,1-3H3,(H,27,31)(H,26,28,29). The third-order valence-corrected chi connectivity index (χ3v) is 6.17. The molecule has 8 heteroatoms. The Bertz CT molecular complexity index is 1170. The minimum absolute atomic E-state index is 0.267. The largest absolute Gasteiger partial charge is 0.328 e. The van der Waals surface area contributed by atoms with E-state index >= 15 is 0 Å². The Morgan fingerprint density at radius 3 is 2.78 bits per heavy atom. The lowest BCUT2D eigenvalue weighted by Crippen LogP contribution is -2.31. The first kappa shape index (κ1) is 22.1. The van der Waals surface area contributed by atoms with Gasteiger partial charge < -0.3 is 10.6 Å². The molecule has 0 radical (unpaired) electrons. The second-order valence-corrected chi connectivity index (χ2v) is 8.87. The molecule has 1 unspecified atom stereocenters. The highest BCUT2D eigenvalue weighted by atomic mass is 32.2. The number of rotatable bonds is 7. The second kappa shape index (κ2) is 9.56. The molecule has 1 aliphatic heterocycles. The summed E-state index contributed by atoms with van der Waals surface area (Å²) in [7, 11) is 0. The van der Waals surface area contributed by atoms with Gasteiger partial charge in [-0.3, -0.25) is 4.79 Å². The Kier molecular flexibility index (Phi) is 6.60. The van der Waals surface area contributed by atoms with Crippen molar-refractivity contribution in [1.29, 1.82) is 0 Å². The number of halogens is 1. The molecule has 32 heavy (non-hydrogen) atoms. The Morgan fingerprint density at radius 1 is 1.22 bits per heavy atom. The molecule has 0 fully saturated rings. The van der Waals surface area contributed by atoms with Gasteiger partial charge >= 0.3 is 0 Å². The van der Waals surface area contributed by atoms with E-state index in [4.69, 9.17) is 0 Å². The van der Waals surface area contributed by atoms with Crippen molar-refractivity contribution in [2.75, 3.05) is 16.4 Å². The van der Waals surface area contributed by atoms with Crippen LogP contribution >= 0.6 is 11.8 Å². The Balaban J connectivity index is 1.73. The molecule has 1 aliphatic rings. The third kappa shape index (κ3) is 4.70. The number of nitrogens with one attached hydrogen (secondary N) is 2. The van der Waals surface area contributed by atoms with E-state index in [-0.39, 0.29) is 11.7 Å². The first-order valence-corrected chi connectivity index (χ1v) is 11.7. The van der Waals surface area contributed by atoms with Gasteiger partial charge in [-0.25, -0.2) is 9.07 Å². The Hall–Kier alpha value is -3.13. The van der Waals surface area contributed by atoms with E-state index in [0.29, 0.717) is 33.6 Å². The van der Waals surface area contributed by atoms with Gasteiger partial charge in [0.2, 0.25) is 11.1 Å². The number of fused-ring (bicyclic) bond motifs is 1. The van der Waals surface area contributed by atoms with Crippen LogP contribution in [0.2, 0.25) is 0 Å². The molecule has 0 saturated carbocycles. The molecular formula is C24H26FN5OS. The summed E-state index contributed by atoms with van der Waals surface area (Å²) in [5.41, 5.74) is 3.52. The molecule has 0 bridgehead atoms. The minimum atomic E-state index is -0.597. The predicted molar refractivity (Wildman–Crippen MR) is 126 cm³/mol. The van der Waals surface area contributed by atoms with Crippen molar-refractivity contribution in [3.8, 4) is 0 Å². The van der Waals surface area contributed by atoms with Crippen molar-refractivity contribution in [3.05, 3.63) is 76.7 Å². The van der Waals surface area contributed by atoms with E-state index in [1.54, 1.807) is 22.5 Å². The maximum atomic E-state index is 14.1. The monoisotopic (exact) mass is 451 g/mol. The molecule has 6 nitrogen and oxygen atoms in total. The van der Waals surface area contributed by atoms with E-state index < -0.39 is 6.04 Å². The summed E-state index contributed by atoms with van der Waals surface area (Å²) in [5.74, 6) is 0.827. The summed E-state index contributed by atoms with van der Waals surface area (Å²) in [6, 6.07) is 13.3. The number of hydrogen-bond donors (Lipinski definition) is 2. The highest BCUT2D eigenvalue weighted by molar-refractivity contribution is 7.99. The van der Waals surface area contributed by atoms with Crippen LogP contribution in [0, 0.1) is 12.7 Å². The molecule has 1 atom stereocenters. The van der Waals surface area contributed by atoms with Crippen LogP contribution in [0.5, 0.6) is 0 Å². The fraction of sp³-hybridized carbons (Fsp3) is 0.292. The number of thioether (sulfide) groups is 1. The molecule has 2 N–H and O–H groups in total. The lowest BCUT2D eigenvalue weighted by molar-refractivity contribution is -0.113. The molecule has 2 aromatic carbocycles. The topological polar surface area (TPSA) is 71.8 Å². The van der Waals surface area contributed by atoms with E-state index in [2.05, 4.69) is 27.6 Å². The van der Waals surface area contributed by atoms with Gasteiger partial charge in [0.05, 0.1) is 5.57 Å². The molecular weight excluding hydrogens is 425 g/mol. The van der Waals surface area contributed by atoms with Gasteiger partial charge in [0.1, 0.15) is 11.9 Å². The Labute approximate surface area is 191 Å². The number of hydrogen-bond acceptors (Lipinski definition) is 5. The van der Waals surface area contributed by atoms with Crippen LogP contribution in [0.4, 0.5) is 16.0 Å². The van der Waals surface area contributed by atoms with E-state index in [9.17, 15) is 9.18 Å². The zero-order chi connectivity index (χ0) is 22.7. The van der Waals surface area contributed by atoms with Crippen LogP contribution in [-0.4, -0.2) is 26.4 Å². The van der Waals surface area contributed by atoms with Crippen LogP contribution < -0.4 is 10.6 Å². The number of amides is 1. The third-order valence-electron chi connectivity index (χ3n) is 5.25. The Morgan fingerprint density at radius 2 is 2.03 bits per heavy atom. The van der Waals surface area contributed by atoms with Crippen LogP contribution in [0.15, 0.2) is 65.0 Å². The van der Waals surface area contributed by atoms with E-state index in [1.165, 1.54) is 12.1 Å². The number of anilines is 2. The molecule has 0 saturated heterocycles. The molecule has 0 spiro atoms. The summed E-state index contributed by atoms with van der Waals surface area (Å²) in [5, 5.41) is 11.5. The van der Waals surface area contributed by atoms with Crippen LogP contribution in [0.1, 0.15) is 43.9 Å². The lowest BCUT2D eigenvalue weighted by Gasteiger charge is -2.28. The first-order valence-electron chi connectivity index (χ1n) is 10.7. The van der Waals surface area contributed by atoms with Crippen molar-refractivity contribution in [1.82, 2.24) is 14.8 Å². The highest BCUT2D eigenvalue weighted by Crippen LogP contribution is 2.37. The number of unbranched alkanes of at least 4 members (excludes halogenated alkanes) is 1. The maximum absolute atomic E-state index is 14.1. The number of carbonyl (C=O) groups is 1. The summed E-state index contributed by atoms with van der Waals surface area (Å²) in [6.07, 6.45) is 2.16. The average Bonchev–Trinajstić information content (AvgIpc) is 3.15. The summed E-state index contributed by atoms with van der Waals surface area (Å²) >= 11 is 1.58. The number of aromatic nitrogens is 3. The maximum Gasteiger partial charge on any atom is 0.255 e. The summed E-state index contributed by atoms with van der Waals surface area (Å²) in [4.78, 5) is 18.0. The average molecular weight is 452 g/mol. The number of carbonyl (C=O) groups excluding carboxylic acids is 1. The van der Waals surface area contributed by atoms with Gasteiger partial charge in [0.15, 0.2) is 0 Å². The number of nitrogens with zero attached hydrogens (tertiary/aromatic N) is 3. The predicted octanol–water partition coefficient (Wildman–Crippen LogP) is 5.55. The minimum Gasteiger partial charge on any atom is -0.328 e. The zero-order valence-electron chi connectivity index (χ0n) is 18.4. The van der Waals surface area contributed by atoms with Crippen molar-refractivity contribution >= 4 is 29.3 Å². The van der Waals surface area contributed by atoms with Crippen LogP contribution in [0.25, 0.3) is 0 Å². The number of benzene rings is 2. The lowest BCUT2D eigenvalue weighted by atomic mass is 9.95. The van der Waals surface area contributed by atoms with E-state index in [1.807, 2.05) is 44.2 Å². The molecule has 3 aromatic rings. The summed E-state index contributed by atoms with van der Waals surface area (Å²) in [6.45, 7) is 5.94. The van der Waals surface area contributed by atoms with Gasteiger partial charge in [-0.05, 0) is 55.7 Å². The van der Waals surface area contributed by atoms with Crippen molar-refractivity contribution in [2.24, 2.45) is 0 Å². The van der Waals surface area contributed by atoms with Gasteiger partial charge in [-0.1, -0.05) is 49.4 Å². The highest BCUT2D eigenvalue weighted by Gasteiger charge is 2.34. The van der Waals surface area contributed by atoms with Crippen LogP contribution in [0.3, 0.4) is 0 Å². The normalized spacial score (nSPS) is 15.3. The van der Waals surface area contributed by atoms with Gasteiger partial charge in [0.25, 0.3) is 5.91 Å². The van der Waals surface area contributed by atoms with Crippen molar-refractivity contribution in [2.45, 2.75) is 44.8 Å². The van der Waals surface area contributed by atoms with Crippen molar-refractivity contribution < 1.29 is 9.18 Å². The van der Waals surface area contributed by atoms with Gasteiger partial charge in [0, 0.05) is 17.1 Å². The summed E-state index contributed by atoms with van der Waals surface area (Å²) < 4.78 is 15.8. The fourth-order valence-corrected chi connectivity index (χ4v) is 4.61. The molecule has 0 aliphatic carbocycles. The SMILES string of the molecule is CCCCSc1nc2n(n1)C(c1cccc(F)c1)C(C(=O)Nc1cccc(C)c1)=C(C)N2. The second-order valence-electron chi connectivity index (χ2n) is 7.81. The number of aryl methyl sites for hydroxylation is 1. The molecule has 1 amide bonds. The molecule has 166 valence electrons. The zero-order valence-corrected chi connectivity index (χ0v) is 19.2. The molecule has 1 aromatic heterocycles. The van der Waals surface area contributed by atoms with Gasteiger partial charge in [-0.15, -0.1) is 5.10 Å². The number of allylic oxidation sites excluding steroid dienone is 1.